The van der Waals surface area contributed by atoms with Gasteiger partial charge in [-0.3, -0.25) is 4.79 Å². The van der Waals surface area contributed by atoms with Gasteiger partial charge in [0.2, 0.25) is 0 Å². The van der Waals surface area contributed by atoms with Gasteiger partial charge in [0.05, 0.1) is 12.4 Å². The minimum atomic E-state index is -0.0701. The van der Waals surface area contributed by atoms with Gasteiger partial charge >= 0.3 is 0 Å². The van der Waals surface area contributed by atoms with Crippen LogP contribution in [0, 0.1) is 0 Å². The molecular weight excluding hydrogens is 224 g/mol. The first-order chi connectivity index (χ1) is 7.60. The highest BCUT2D eigenvalue weighted by Gasteiger charge is 2.16. The fraction of sp³-hybridized carbons (Fsp3) is 0.417. The van der Waals surface area contributed by atoms with Gasteiger partial charge in [-0.15, -0.1) is 0 Å². The lowest BCUT2D eigenvalue weighted by Crippen LogP contribution is -2.13. The fourth-order valence-corrected chi connectivity index (χ4v) is 2.18. The third-order valence-electron chi connectivity index (χ3n) is 2.25. The Balaban J connectivity index is 2.92. The number of rotatable bonds is 5. The Kier molecular flexibility index (Phi) is 4.68. The molecule has 1 aromatic rings. The largest absolute Gasteiger partial charge is 0.504 e. The molecule has 0 aliphatic heterocycles. The summed E-state index contributed by atoms with van der Waals surface area (Å²) in [5, 5.41) is 9.35. The molecule has 1 rings (SSSR count). The Bertz CT molecular complexity index is 377. The van der Waals surface area contributed by atoms with Crippen molar-refractivity contribution in [1.29, 1.82) is 0 Å². The second kappa shape index (κ2) is 5.80. The second-order valence-electron chi connectivity index (χ2n) is 3.35. The topological polar surface area (TPSA) is 46.5 Å². The lowest BCUT2D eigenvalue weighted by atomic mass is 10.1. The zero-order valence-electron chi connectivity index (χ0n) is 9.69. The van der Waals surface area contributed by atoms with E-state index in [1.807, 2.05) is 13.8 Å². The maximum absolute atomic E-state index is 12.0. The molecule has 0 radical (unpaired) electrons. The van der Waals surface area contributed by atoms with Gasteiger partial charge in [0.25, 0.3) is 0 Å². The number of benzene rings is 1. The molecule has 0 heterocycles. The number of methoxy groups -OCH3 is 1. The Morgan fingerprint density at radius 1 is 1.56 bits per heavy atom. The van der Waals surface area contributed by atoms with Gasteiger partial charge in [0.15, 0.2) is 17.3 Å². The number of hydrogen-bond acceptors (Lipinski definition) is 4. The van der Waals surface area contributed by atoms with Crippen molar-refractivity contribution in [3.05, 3.63) is 23.8 Å². The van der Waals surface area contributed by atoms with E-state index >= 15 is 0 Å². The summed E-state index contributed by atoms with van der Waals surface area (Å²) in [6.45, 7) is 3.90. The number of thioether (sulfide) groups is 1. The minimum absolute atomic E-state index is 0.0508. The average Bonchev–Trinajstić information content (AvgIpc) is 2.29. The van der Waals surface area contributed by atoms with Crippen LogP contribution in [0.5, 0.6) is 11.5 Å². The molecule has 1 unspecified atom stereocenters. The van der Waals surface area contributed by atoms with E-state index in [4.69, 9.17) is 4.74 Å². The highest BCUT2D eigenvalue weighted by Crippen LogP contribution is 2.27. The highest BCUT2D eigenvalue weighted by atomic mass is 32.2. The van der Waals surface area contributed by atoms with Crippen LogP contribution < -0.4 is 4.74 Å². The Hall–Kier alpha value is -1.16. The van der Waals surface area contributed by atoms with Gasteiger partial charge in [-0.1, -0.05) is 6.92 Å². The van der Waals surface area contributed by atoms with E-state index in [0.717, 1.165) is 5.75 Å². The predicted octanol–water partition coefficient (Wildman–Crippen LogP) is 2.73. The van der Waals surface area contributed by atoms with Crippen LogP contribution in [0.25, 0.3) is 0 Å². The first kappa shape index (κ1) is 12.9. The second-order valence-corrected chi connectivity index (χ2v) is 4.97. The van der Waals surface area contributed by atoms with Crippen molar-refractivity contribution in [3.63, 3.8) is 0 Å². The maximum atomic E-state index is 12.0. The SMILES string of the molecule is CCSC(C)C(=O)c1ccc(O)c(OC)c1. The minimum Gasteiger partial charge on any atom is -0.504 e. The Labute approximate surface area is 99.8 Å². The number of ether oxygens (including phenoxy) is 1. The van der Waals surface area contributed by atoms with Crippen LogP contribution in [0.4, 0.5) is 0 Å². The van der Waals surface area contributed by atoms with Gasteiger partial charge in [-0.05, 0) is 30.9 Å². The summed E-state index contributed by atoms with van der Waals surface area (Å²) >= 11 is 1.60. The van der Waals surface area contributed by atoms with E-state index in [-0.39, 0.29) is 16.8 Å². The molecule has 16 heavy (non-hydrogen) atoms. The molecule has 0 saturated carbocycles. The number of phenolic OH excluding ortho intramolecular Hbond substituents is 1. The molecule has 0 saturated heterocycles. The number of carbonyl (C=O) groups excluding carboxylic acids is 1. The number of aromatic hydroxyl groups is 1. The molecule has 0 bridgehead atoms. The van der Waals surface area contributed by atoms with Crippen LogP contribution in [0.1, 0.15) is 24.2 Å². The molecule has 88 valence electrons. The van der Waals surface area contributed by atoms with Gasteiger partial charge in [-0.25, -0.2) is 0 Å². The summed E-state index contributed by atoms with van der Waals surface area (Å²) in [6, 6.07) is 4.67. The lowest BCUT2D eigenvalue weighted by molar-refractivity contribution is 0.0993. The highest BCUT2D eigenvalue weighted by molar-refractivity contribution is 8.00. The fourth-order valence-electron chi connectivity index (χ4n) is 1.39. The van der Waals surface area contributed by atoms with Crippen LogP contribution in [0.15, 0.2) is 18.2 Å². The van der Waals surface area contributed by atoms with E-state index in [1.54, 1.807) is 23.9 Å². The van der Waals surface area contributed by atoms with E-state index in [1.165, 1.54) is 13.2 Å². The summed E-state index contributed by atoms with van der Waals surface area (Å²) in [4.78, 5) is 12.0. The molecule has 0 aliphatic carbocycles. The third kappa shape index (κ3) is 2.92. The molecule has 0 spiro atoms. The average molecular weight is 240 g/mol. The summed E-state index contributed by atoms with van der Waals surface area (Å²) in [5.41, 5.74) is 0.572. The molecule has 1 atom stereocenters. The summed E-state index contributed by atoms with van der Waals surface area (Å²) in [6.07, 6.45) is 0. The van der Waals surface area contributed by atoms with Crippen LogP contribution in [0.3, 0.4) is 0 Å². The summed E-state index contributed by atoms with van der Waals surface area (Å²) in [7, 11) is 1.47. The van der Waals surface area contributed by atoms with Crippen molar-refractivity contribution in [3.8, 4) is 11.5 Å². The monoisotopic (exact) mass is 240 g/mol. The number of hydrogen-bond donors (Lipinski definition) is 1. The Morgan fingerprint density at radius 3 is 2.81 bits per heavy atom. The van der Waals surface area contributed by atoms with Crippen LogP contribution in [0.2, 0.25) is 0 Å². The van der Waals surface area contributed by atoms with Gasteiger partial charge in [-0.2, -0.15) is 11.8 Å². The van der Waals surface area contributed by atoms with E-state index in [9.17, 15) is 9.90 Å². The van der Waals surface area contributed by atoms with Crippen molar-refractivity contribution in [2.45, 2.75) is 19.1 Å². The molecule has 4 heteroatoms. The summed E-state index contributed by atoms with van der Waals surface area (Å²) < 4.78 is 4.97. The molecule has 0 fully saturated rings. The van der Waals surface area contributed by atoms with Gasteiger partial charge in [0.1, 0.15) is 0 Å². The zero-order valence-corrected chi connectivity index (χ0v) is 10.5. The zero-order chi connectivity index (χ0) is 12.1. The maximum Gasteiger partial charge on any atom is 0.175 e. The van der Waals surface area contributed by atoms with Crippen molar-refractivity contribution in [1.82, 2.24) is 0 Å². The first-order valence-corrected chi connectivity index (χ1v) is 6.17. The Morgan fingerprint density at radius 2 is 2.25 bits per heavy atom. The van der Waals surface area contributed by atoms with Crippen molar-refractivity contribution in [2.24, 2.45) is 0 Å². The van der Waals surface area contributed by atoms with Crippen molar-refractivity contribution >= 4 is 17.5 Å². The van der Waals surface area contributed by atoms with Crippen LogP contribution in [-0.2, 0) is 0 Å². The smallest absolute Gasteiger partial charge is 0.175 e. The predicted molar refractivity (Wildman–Crippen MR) is 66.6 cm³/mol. The van der Waals surface area contributed by atoms with Gasteiger partial charge < -0.3 is 9.84 Å². The van der Waals surface area contributed by atoms with E-state index in [0.29, 0.717) is 11.3 Å². The number of ketones is 1. The molecule has 0 aromatic heterocycles. The van der Waals surface area contributed by atoms with Crippen LogP contribution >= 0.6 is 11.8 Å². The van der Waals surface area contributed by atoms with Crippen LogP contribution in [-0.4, -0.2) is 29.0 Å². The summed E-state index contributed by atoms with van der Waals surface area (Å²) in [5.74, 6) is 1.35. The molecule has 1 N–H and O–H groups in total. The number of phenols is 1. The quantitative estimate of drug-likeness (QED) is 0.804. The molecule has 1 aromatic carbocycles. The van der Waals surface area contributed by atoms with E-state index < -0.39 is 0 Å². The molecule has 0 amide bonds. The number of carbonyl (C=O) groups is 1. The van der Waals surface area contributed by atoms with Crippen molar-refractivity contribution < 1.29 is 14.6 Å². The molecule has 0 aliphatic rings. The first-order valence-electron chi connectivity index (χ1n) is 5.13. The lowest BCUT2D eigenvalue weighted by Gasteiger charge is -2.10. The molecular formula is C12H16O3S. The standard InChI is InChI=1S/C12H16O3S/c1-4-16-8(2)12(14)9-5-6-10(13)11(7-9)15-3/h5-8,13H,4H2,1-3H3. The molecule has 3 nitrogen and oxygen atoms in total. The number of Topliss-reactive ketones (excluding diaryl/α,β-unsaturated/α-hetero) is 1. The van der Waals surface area contributed by atoms with Gasteiger partial charge in [0, 0.05) is 5.56 Å². The van der Waals surface area contributed by atoms with Crippen molar-refractivity contribution in [2.75, 3.05) is 12.9 Å². The third-order valence-corrected chi connectivity index (χ3v) is 3.30. The van der Waals surface area contributed by atoms with E-state index in [2.05, 4.69) is 0 Å². The normalized spacial score (nSPS) is 12.2.